The normalized spacial score (nSPS) is 12.1. The minimum Gasteiger partial charge on any atom is -0.478 e. The van der Waals surface area contributed by atoms with Crippen LogP contribution in [0.15, 0.2) is 48.6 Å². The van der Waals surface area contributed by atoms with Crippen LogP contribution in [-0.4, -0.2) is 22.2 Å². The first-order chi connectivity index (χ1) is 21.6. The summed E-state index contributed by atoms with van der Waals surface area (Å²) in [6.45, 7) is 0. The molecular formula is C40H70O4. The third-order valence-corrected chi connectivity index (χ3v) is 8.46. The first kappa shape index (κ1) is 41.9. The highest BCUT2D eigenvalue weighted by molar-refractivity contribution is 5.80. The molecule has 0 bridgehead atoms. The molecule has 4 nitrogen and oxygen atoms in total. The highest BCUT2D eigenvalue weighted by Crippen LogP contribution is 2.16. The van der Waals surface area contributed by atoms with Crippen LogP contribution in [0.5, 0.6) is 0 Å². The van der Waals surface area contributed by atoms with Gasteiger partial charge >= 0.3 is 11.9 Å². The molecular weight excluding hydrogens is 544 g/mol. The fraction of sp³-hybridized carbons (Fsp3) is 0.750. The van der Waals surface area contributed by atoms with Gasteiger partial charge in [-0.15, -0.1) is 0 Å². The van der Waals surface area contributed by atoms with Gasteiger partial charge in [0.05, 0.1) is 0 Å². The van der Waals surface area contributed by atoms with Gasteiger partial charge in [0.25, 0.3) is 0 Å². The molecule has 0 radical (unpaired) electrons. The molecule has 0 aliphatic heterocycles. The van der Waals surface area contributed by atoms with Crippen molar-refractivity contribution in [3.8, 4) is 0 Å². The zero-order chi connectivity index (χ0) is 32.0. The van der Waals surface area contributed by atoms with Crippen molar-refractivity contribution in [2.24, 2.45) is 0 Å². The standard InChI is InChI=1S/C40H70O4/c41-39(42)37-35-33-31-29-27-25-23-21-19-17-15-13-11-9-7-5-3-1-2-4-6-8-10-12-14-16-18-20-22-24-26-28-30-32-34-36-38-40(43)44/h31-38H,1-30H2,(H,41,42)(H,43,44). The fourth-order valence-corrected chi connectivity index (χ4v) is 5.75. The molecule has 0 saturated carbocycles. The number of hydrogen-bond acceptors (Lipinski definition) is 2. The van der Waals surface area contributed by atoms with Crippen molar-refractivity contribution >= 4 is 11.9 Å². The number of unbranched alkanes of at least 4 members (excludes halogenated alkanes) is 29. The van der Waals surface area contributed by atoms with Crippen molar-refractivity contribution in [1.82, 2.24) is 0 Å². The van der Waals surface area contributed by atoms with E-state index in [9.17, 15) is 9.59 Å². The van der Waals surface area contributed by atoms with E-state index in [2.05, 4.69) is 12.2 Å². The lowest BCUT2D eigenvalue weighted by Crippen LogP contribution is -1.85. The summed E-state index contributed by atoms with van der Waals surface area (Å²) in [6.07, 6.45) is 54.3. The number of carboxylic acid groups (broad SMARTS) is 2. The maximum absolute atomic E-state index is 10.4. The molecule has 0 fully saturated rings. The summed E-state index contributed by atoms with van der Waals surface area (Å²) in [5.41, 5.74) is 0. The summed E-state index contributed by atoms with van der Waals surface area (Å²) in [7, 11) is 0. The van der Waals surface area contributed by atoms with Crippen molar-refractivity contribution in [2.75, 3.05) is 0 Å². The van der Waals surface area contributed by atoms with Gasteiger partial charge in [0.15, 0.2) is 0 Å². The Morgan fingerprint density at radius 1 is 0.295 bits per heavy atom. The molecule has 2 N–H and O–H groups in total. The average molecular weight is 615 g/mol. The molecule has 0 spiro atoms. The lowest BCUT2D eigenvalue weighted by atomic mass is 10.0. The molecule has 254 valence electrons. The van der Waals surface area contributed by atoms with Crippen LogP contribution in [0.2, 0.25) is 0 Å². The quantitative estimate of drug-likeness (QED) is 0.0423. The topological polar surface area (TPSA) is 74.6 Å². The smallest absolute Gasteiger partial charge is 0.328 e. The van der Waals surface area contributed by atoms with E-state index in [1.807, 2.05) is 12.2 Å². The molecule has 0 atom stereocenters. The first-order valence-corrected chi connectivity index (χ1v) is 18.7. The van der Waals surface area contributed by atoms with Gasteiger partial charge in [0.2, 0.25) is 0 Å². The van der Waals surface area contributed by atoms with E-state index in [1.54, 1.807) is 12.2 Å². The Morgan fingerprint density at radius 3 is 0.659 bits per heavy atom. The molecule has 44 heavy (non-hydrogen) atoms. The van der Waals surface area contributed by atoms with E-state index in [0.29, 0.717) is 0 Å². The summed E-state index contributed by atoms with van der Waals surface area (Å²) in [4.78, 5) is 20.7. The SMILES string of the molecule is O=C(O)C=CC=CCCCCCCCCCCCCCCCCCCCCCCCCCCCCCCC=CC=CC(=O)O. The molecule has 4 heteroatoms. The van der Waals surface area contributed by atoms with Crippen molar-refractivity contribution in [3.05, 3.63) is 48.6 Å². The van der Waals surface area contributed by atoms with E-state index in [1.165, 1.54) is 192 Å². The first-order valence-electron chi connectivity index (χ1n) is 18.7. The van der Waals surface area contributed by atoms with Gasteiger partial charge in [0.1, 0.15) is 0 Å². The van der Waals surface area contributed by atoms with E-state index >= 15 is 0 Å². The number of aliphatic carboxylic acids is 2. The molecule has 0 aromatic rings. The van der Waals surface area contributed by atoms with Crippen LogP contribution < -0.4 is 0 Å². The molecule has 0 aliphatic carbocycles. The summed E-state index contributed by atoms with van der Waals surface area (Å²) in [5, 5.41) is 17.0. The van der Waals surface area contributed by atoms with Gasteiger partial charge in [0, 0.05) is 12.2 Å². The largest absolute Gasteiger partial charge is 0.478 e. The van der Waals surface area contributed by atoms with Gasteiger partial charge in [-0.05, 0) is 25.7 Å². The van der Waals surface area contributed by atoms with Gasteiger partial charge in [-0.2, -0.15) is 0 Å². The number of allylic oxidation sites excluding steroid dienone is 6. The molecule has 0 aromatic carbocycles. The zero-order valence-electron chi connectivity index (χ0n) is 28.5. The lowest BCUT2D eigenvalue weighted by Gasteiger charge is -2.04. The van der Waals surface area contributed by atoms with Crippen molar-refractivity contribution in [3.63, 3.8) is 0 Å². The molecule has 0 heterocycles. The van der Waals surface area contributed by atoms with Crippen molar-refractivity contribution in [1.29, 1.82) is 0 Å². The molecule has 0 amide bonds. The predicted molar refractivity (Wildman–Crippen MR) is 190 cm³/mol. The Morgan fingerprint density at radius 2 is 0.477 bits per heavy atom. The molecule has 0 saturated heterocycles. The fourth-order valence-electron chi connectivity index (χ4n) is 5.75. The second-order valence-corrected chi connectivity index (χ2v) is 12.7. The maximum Gasteiger partial charge on any atom is 0.328 e. The molecule has 0 aliphatic rings. The summed E-state index contributed by atoms with van der Waals surface area (Å²) in [5.74, 6) is -1.77. The second-order valence-electron chi connectivity index (χ2n) is 12.7. The summed E-state index contributed by atoms with van der Waals surface area (Å²) in [6, 6.07) is 0. The van der Waals surface area contributed by atoms with Gasteiger partial charge in [-0.3, -0.25) is 0 Å². The maximum atomic E-state index is 10.4. The Bertz CT molecular complexity index is 672. The summed E-state index contributed by atoms with van der Waals surface area (Å²) < 4.78 is 0. The molecule has 0 aromatic heterocycles. The Hall–Kier alpha value is -2.10. The number of carbonyl (C=O) groups is 2. The number of hydrogen-bond donors (Lipinski definition) is 2. The average Bonchev–Trinajstić information content (AvgIpc) is 3.00. The molecule has 0 unspecified atom stereocenters. The van der Waals surface area contributed by atoms with Gasteiger partial charge in [-0.25, -0.2) is 9.59 Å². The minimum atomic E-state index is -0.886. The van der Waals surface area contributed by atoms with Crippen LogP contribution in [0.1, 0.15) is 193 Å². The Kier molecular flexibility index (Phi) is 35.3. The molecule has 0 rings (SSSR count). The number of rotatable bonds is 35. The van der Waals surface area contributed by atoms with Crippen LogP contribution in [-0.2, 0) is 9.59 Å². The van der Waals surface area contributed by atoms with Crippen LogP contribution in [0.25, 0.3) is 0 Å². The Balaban J connectivity index is 3.12. The lowest BCUT2D eigenvalue weighted by molar-refractivity contribution is -0.132. The predicted octanol–water partition coefficient (Wildman–Crippen LogP) is 13.1. The minimum absolute atomic E-state index is 0.886. The van der Waals surface area contributed by atoms with Crippen LogP contribution in [0.4, 0.5) is 0 Å². The van der Waals surface area contributed by atoms with E-state index < -0.39 is 11.9 Å². The third-order valence-electron chi connectivity index (χ3n) is 8.46. The van der Waals surface area contributed by atoms with Gasteiger partial charge in [-0.1, -0.05) is 203 Å². The van der Waals surface area contributed by atoms with Crippen molar-refractivity contribution in [2.45, 2.75) is 193 Å². The van der Waals surface area contributed by atoms with Crippen LogP contribution >= 0.6 is 0 Å². The zero-order valence-corrected chi connectivity index (χ0v) is 28.5. The third kappa shape index (κ3) is 39.9. The second kappa shape index (κ2) is 37.1. The highest BCUT2D eigenvalue weighted by atomic mass is 16.4. The Labute approximate surface area is 272 Å². The number of carboxylic acids is 2. The van der Waals surface area contributed by atoms with Crippen molar-refractivity contribution < 1.29 is 19.8 Å². The van der Waals surface area contributed by atoms with E-state index in [0.717, 1.165) is 12.8 Å². The van der Waals surface area contributed by atoms with Crippen LogP contribution in [0.3, 0.4) is 0 Å². The van der Waals surface area contributed by atoms with E-state index in [-0.39, 0.29) is 0 Å². The van der Waals surface area contributed by atoms with E-state index in [4.69, 9.17) is 10.2 Å². The van der Waals surface area contributed by atoms with Gasteiger partial charge < -0.3 is 10.2 Å². The summed E-state index contributed by atoms with van der Waals surface area (Å²) >= 11 is 0. The van der Waals surface area contributed by atoms with Crippen LogP contribution in [0, 0.1) is 0 Å². The monoisotopic (exact) mass is 615 g/mol. The highest BCUT2D eigenvalue weighted by Gasteiger charge is 1.97.